The summed E-state index contributed by atoms with van der Waals surface area (Å²) in [5, 5.41) is 6.11. The van der Waals surface area contributed by atoms with E-state index >= 15 is 0 Å². The van der Waals surface area contributed by atoms with Crippen molar-refractivity contribution in [2.24, 2.45) is 0 Å². The molecule has 2 aromatic heterocycles. The van der Waals surface area contributed by atoms with Crippen molar-refractivity contribution in [1.29, 1.82) is 0 Å². The Balaban J connectivity index is 1.73. The molecule has 0 unspecified atom stereocenters. The second kappa shape index (κ2) is 5.83. The van der Waals surface area contributed by atoms with Crippen molar-refractivity contribution in [3.8, 4) is 0 Å². The molecule has 1 aliphatic carbocycles. The number of rotatable bonds is 3. The lowest BCUT2D eigenvalue weighted by Gasteiger charge is -2.06. The third-order valence-electron chi connectivity index (χ3n) is 4.20. The number of benzene rings is 1. The molecule has 0 fully saturated rings. The summed E-state index contributed by atoms with van der Waals surface area (Å²) in [6.45, 7) is 0. The molecule has 0 saturated carbocycles. The van der Waals surface area contributed by atoms with Gasteiger partial charge in [-0.15, -0.1) is 0 Å². The average molecular weight is 306 g/mol. The number of fused-ring (bicyclic) bond motifs is 2. The molecular weight excluding hydrogens is 288 g/mol. The molecule has 0 aliphatic heterocycles. The number of imidazole rings is 1. The highest BCUT2D eigenvalue weighted by molar-refractivity contribution is 5.34. The van der Waals surface area contributed by atoms with Crippen LogP contribution in [0.2, 0.25) is 0 Å². The van der Waals surface area contributed by atoms with Gasteiger partial charge in [-0.05, 0) is 37.7 Å². The van der Waals surface area contributed by atoms with Crippen LogP contribution in [0.5, 0.6) is 0 Å². The topological polar surface area (TPSA) is 63.0 Å². The van der Waals surface area contributed by atoms with Gasteiger partial charge >= 0.3 is 0 Å². The van der Waals surface area contributed by atoms with Crippen LogP contribution in [0.25, 0.3) is 17.9 Å². The van der Waals surface area contributed by atoms with E-state index in [1.165, 1.54) is 5.56 Å². The lowest BCUT2D eigenvalue weighted by molar-refractivity contribution is 0.729. The summed E-state index contributed by atoms with van der Waals surface area (Å²) in [6.07, 6.45) is 8.78. The standard InChI is InChI=1S/C18H18N4O/c23-17-16(12-6-9-13-7-2-1-3-8-13)22-18(20-17)19-14-10-4-5-11-15(14)21-22/h1-3,7-8,10,12H,4-6,9,11H2,(H,19,20,23)/b16-12-. The molecule has 3 aromatic rings. The van der Waals surface area contributed by atoms with Crippen LogP contribution in [0, 0.1) is 0 Å². The normalized spacial score (nSPS) is 14.7. The van der Waals surface area contributed by atoms with E-state index in [1.807, 2.05) is 24.3 Å². The zero-order valence-corrected chi connectivity index (χ0v) is 12.8. The van der Waals surface area contributed by atoms with Crippen molar-refractivity contribution in [3.63, 3.8) is 0 Å². The molecule has 116 valence electrons. The monoisotopic (exact) mass is 306 g/mol. The lowest BCUT2D eigenvalue weighted by atomic mass is 10.1. The summed E-state index contributed by atoms with van der Waals surface area (Å²) in [7, 11) is 0. The Labute approximate surface area is 133 Å². The van der Waals surface area contributed by atoms with Gasteiger partial charge in [0.1, 0.15) is 5.35 Å². The zero-order valence-electron chi connectivity index (χ0n) is 12.8. The van der Waals surface area contributed by atoms with Crippen LogP contribution >= 0.6 is 0 Å². The molecule has 23 heavy (non-hydrogen) atoms. The van der Waals surface area contributed by atoms with Crippen LogP contribution in [0.1, 0.15) is 30.5 Å². The smallest absolute Gasteiger partial charge is 0.276 e. The number of aryl methyl sites for hydroxylation is 2. The molecule has 0 amide bonds. The number of nitrogens with one attached hydrogen (secondary N) is 1. The molecule has 1 aliphatic rings. The number of hydrogen-bond acceptors (Lipinski definition) is 3. The van der Waals surface area contributed by atoms with E-state index in [9.17, 15) is 4.79 Å². The highest BCUT2D eigenvalue weighted by Gasteiger charge is 2.10. The molecular formula is C18H18N4O. The first-order valence-electron chi connectivity index (χ1n) is 8.03. The second-order valence-corrected chi connectivity index (χ2v) is 5.84. The first-order valence-corrected chi connectivity index (χ1v) is 8.03. The second-order valence-electron chi connectivity index (χ2n) is 5.84. The van der Waals surface area contributed by atoms with E-state index < -0.39 is 0 Å². The van der Waals surface area contributed by atoms with Crippen LogP contribution in [0.15, 0.2) is 35.1 Å². The molecule has 1 aromatic carbocycles. The fraction of sp³-hybridized carbons (Fsp3) is 0.278. The van der Waals surface area contributed by atoms with Crippen molar-refractivity contribution in [2.75, 3.05) is 0 Å². The van der Waals surface area contributed by atoms with Crippen molar-refractivity contribution in [1.82, 2.24) is 19.6 Å². The van der Waals surface area contributed by atoms with Crippen molar-refractivity contribution in [3.05, 3.63) is 62.6 Å². The van der Waals surface area contributed by atoms with Crippen LogP contribution in [0.4, 0.5) is 0 Å². The minimum atomic E-state index is -0.125. The van der Waals surface area contributed by atoms with E-state index in [4.69, 9.17) is 0 Å². The van der Waals surface area contributed by atoms with Crippen LogP contribution in [0.3, 0.4) is 0 Å². The van der Waals surface area contributed by atoms with E-state index in [1.54, 1.807) is 4.52 Å². The Bertz CT molecular complexity index is 1010. The maximum absolute atomic E-state index is 12.2. The fourth-order valence-corrected chi connectivity index (χ4v) is 3.01. The number of hydrogen-bond donors (Lipinski definition) is 1. The van der Waals surface area contributed by atoms with Gasteiger partial charge in [0.2, 0.25) is 5.78 Å². The lowest BCUT2D eigenvalue weighted by Crippen LogP contribution is -2.30. The summed E-state index contributed by atoms with van der Waals surface area (Å²) in [4.78, 5) is 19.5. The molecule has 1 N–H and O–H groups in total. The largest absolute Gasteiger partial charge is 0.289 e. The predicted molar refractivity (Wildman–Crippen MR) is 89.5 cm³/mol. The van der Waals surface area contributed by atoms with Gasteiger partial charge in [-0.2, -0.15) is 9.61 Å². The maximum atomic E-state index is 12.2. The number of aromatic nitrogens is 4. The molecule has 0 radical (unpaired) electrons. The molecule has 4 rings (SSSR count). The van der Waals surface area contributed by atoms with Gasteiger partial charge in [0.25, 0.3) is 5.56 Å². The molecule has 0 atom stereocenters. The minimum Gasteiger partial charge on any atom is -0.289 e. The van der Waals surface area contributed by atoms with Crippen LogP contribution < -0.4 is 16.3 Å². The third kappa shape index (κ3) is 2.70. The van der Waals surface area contributed by atoms with E-state index in [0.717, 1.165) is 43.1 Å². The molecule has 5 heteroatoms. The fourth-order valence-electron chi connectivity index (χ4n) is 3.01. The number of nitrogens with zero attached hydrogens (tertiary/aromatic N) is 3. The van der Waals surface area contributed by atoms with E-state index in [-0.39, 0.29) is 5.56 Å². The average Bonchev–Trinajstić information content (AvgIpc) is 2.88. The summed E-state index contributed by atoms with van der Waals surface area (Å²) < 4.78 is 1.66. The summed E-state index contributed by atoms with van der Waals surface area (Å²) in [6, 6.07) is 10.3. The molecule has 0 saturated heterocycles. The Kier molecular flexibility index (Phi) is 3.54. The third-order valence-corrected chi connectivity index (χ3v) is 4.20. The van der Waals surface area contributed by atoms with Gasteiger partial charge < -0.3 is 0 Å². The van der Waals surface area contributed by atoms with Gasteiger partial charge in [0, 0.05) is 0 Å². The highest BCUT2D eigenvalue weighted by atomic mass is 16.1. The van der Waals surface area contributed by atoms with Crippen LogP contribution in [-0.2, 0) is 12.8 Å². The zero-order chi connectivity index (χ0) is 15.6. The SMILES string of the molecule is O=c1[nH]c2nc3c(nn2/c1=C\CCc1ccccc1)CCCC=3. The number of H-pyrrole nitrogens is 1. The summed E-state index contributed by atoms with van der Waals surface area (Å²) in [5.41, 5.74) is 2.12. The summed E-state index contributed by atoms with van der Waals surface area (Å²) >= 11 is 0. The maximum Gasteiger partial charge on any atom is 0.276 e. The number of aromatic amines is 1. The Morgan fingerprint density at radius 2 is 2.13 bits per heavy atom. The van der Waals surface area contributed by atoms with Gasteiger partial charge in [-0.1, -0.05) is 42.5 Å². The van der Waals surface area contributed by atoms with E-state index in [0.29, 0.717) is 11.1 Å². The first kappa shape index (κ1) is 13.9. The molecule has 5 nitrogen and oxygen atoms in total. The van der Waals surface area contributed by atoms with Crippen LogP contribution in [-0.4, -0.2) is 19.6 Å². The Morgan fingerprint density at radius 1 is 1.26 bits per heavy atom. The first-order chi connectivity index (χ1) is 11.3. The molecule has 0 bridgehead atoms. The van der Waals surface area contributed by atoms with Gasteiger partial charge in [-0.3, -0.25) is 9.78 Å². The Hall–Kier alpha value is -2.69. The van der Waals surface area contributed by atoms with Crippen molar-refractivity contribution < 1.29 is 0 Å². The Morgan fingerprint density at radius 3 is 3.00 bits per heavy atom. The molecule has 0 spiro atoms. The van der Waals surface area contributed by atoms with Gasteiger partial charge in [0.05, 0.1) is 11.0 Å². The predicted octanol–water partition coefficient (Wildman–Crippen LogP) is 0.948. The summed E-state index contributed by atoms with van der Waals surface area (Å²) in [5.74, 6) is 0.526. The minimum absolute atomic E-state index is 0.125. The molecule has 2 heterocycles. The van der Waals surface area contributed by atoms with Gasteiger partial charge in [-0.25, -0.2) is 4.98 Å². The highest BCUT2D eigenvalue weighted by Crippen LogP contribution is 2.04. The quantitative estimate of drug-likeness (QED) is 0.783. The van der Waals surface area contributed by atoms with Crippen molar-refractivity contribution in [2.45, 2.75) is 32.1 Å². The van der Waals surface area contributed by atoms with Gasteiger partial charge in [0.15, 0.2) is 0 Å². The van der Waals surface area contributed by atoms with Crippen molar-refractivity contribution >= 4 is 17.9 Å². The van der Waals surface area contributed by atoms with E-state index in [2.05, 4.69) is 33.3 Å².